The highest BCUT2D eigenvalue weighted by Gasteiger charge is 2.31. The number of sulfonamides is 1. The van der Waals surface area contributed by atoms with Crippen LogP contribution in [-0.4, -0.2) is 34.1 Å². The number of anilines is 1. The Morgan fingerprint density at radius 2 is 1.77 bits per heavy atom. The van der Waals surface area contributed by atoms with Gasteiger partial charge < -0.3 is 14.4 Å². The van der Waals surface area contributed by atoms with Crippen molar-refractivity contribution in [3.05, 3.63) is 47.5 Å². The molecule has 2 aliphatic heterocycles. The second-order valence-electron chi connectivity index (χ2n) is 8.19. The molecule has 1 N–H and O–H groups in total. The Morgan fingerprint density at radius 3 is 2.43 bits per heavy atom. The molecule has 1 fully saturated rings. The van der Waals surface area contributed by atoms with E-state index < -0.39 is 15.6 Å². The quantitative estimate of drug-likeness (QED) is 0.788. The van der Waals surface area contributed by atoms with Crippen molar-refractivity contribution in [2.75, 3.05) is 24.7 Å². The average molecular weight is 431 g/mol. The first-order valence-corrected chi connectivity index (χ1v) is 11.5. The molecule has 30 heavy (non-hydrogen) atoms. The van der Waals surface area contributed by atoms with Crippen LogP contribution < -0.4 is 19.1 Å². The lowest BCUT2D eigenvalue weighted by Crippen LogP contribution is -2.41. The van der Waals surface area contributed by atoms with E-state index in [1.807, 2.05) is 26.0 Å². The van der Waals surface area contributed by atoms with Crippen molar-refractivity contribution in [2.24, 2.45) is 0 Å². The number of aryl methyl sites for hydroxylation is 1. The third kappa shape index (κ3) is 3.89. The van der Waals surface area contributed by atoms with Crippen molar-refractivity contribution in [3.8, 4) is 11.5 Å². The van der Waals surface area contributed by atoms with E-state index >= 15 is 0 Å². The van der Waals surface area contributed by atoms with Gasteiger partial charge in [-0.05, 0) is 68.7 Å². The number of hydrogen-bond donors (Lipinski definition) is 1. The number of benzene rings is 2. The smallest absolute Gasteiger partial charge is 0.241 e. The molecule has 0 unspecified atom stereocenters. The molecule has 8 heteroatoms. The van der Waals surface area contributed by atoms with Crippen molar-refractivity contribution < 1.29 is 22.7 Å². The molecule has 0 atom stereocenters. The van der Waals surface area contributed by atoms with E-state index in [1.54, 1.807) is 36.1 Å². The lowest BCUT2D eigenvalue weighted by molar-refractivity contribution is -0.117. The van der Waals surface area contributed by atoms with E-state index in [2.05, 4.69) is 4.72 Å². The van der Waals surface area contributed by atoms with Gasteiger partial charge in [0.25, 0.3) is 0 Å². The fraction of sp³-hybridized carbons (Fsp3) is 0.409. The minimum Gasteiger partial charge on any atom is -0.486 e. The molecule has 2 aromatic carbocycles. The Morgan fingerprint density at radius 1 is 1.03 bits per heavy atom. The normalized spacial score (nSPS) is 16.8. The van der Waals surface area contributed by atoms with Gasteiger partial charge in [-0.2, -0.15) is 0 Å². The van der Waals surface area contributed by atoms with Crippen LogP contribution in [0.3, 0.4) is 0 Å². The van der Waals surface area contributed by atoms with Crippen molar-refractivity contribution in [2.45, 2.75) is 44.0 Å². The number of amides is 1. The molecule has 0 spiro atoms. The van der Waals surface area contributed by atoms with Crippen LogP contribution in [0, 0.1) is 6.92 Å². The number of hydrogen-bond acceptors (Lipinski definition) is 5. The molecule has 2 aromatic rings. The number of fused-ring (bicyclic) bond motifs is 1. The van der Waals surface area contributed by atoms with Gasteiger partial charge in [0.2, 0.25) is 15.9 Å². The summed E-state index contributed by atoms with van der Waals surface area (Å²) in [6.45, 7) is 6.99. The third-order valence-corrected chi connectivity index (χ3v) is 7.30. The number of rotatable bonds is 5. The highest BCUT2D eigenvalue weighted by atomic mass is 32.2. The Bertz CT molecular complexity index is 1090. The van der Waals surface area contributed by atoms with Gasteiger partial charge in [-0.1, -0.05) is 6.07 Å². The SMILES string of the molecule is Cc1cc(N2CCCC2=O)ccc1S(=O)(=O)NC(C)(C)c1ccc2c(c1)OCCO2. The predicted molar refractivity (Wildman–Crippen MR) is 114 cm³/mol. The monoisotopic (exact) mass is 430 g/mol. The van der Waals surface area contributed by atoms with E-state index in [9.17, 15) is 13.2 Å². The van der Waals surface area contributed by atoms with Crippen LogP contribution in [0.2, 0.25) is 0 Å². The summed E-state index contributed by atoms with van der Waals surface area (Å²) in [4.78, 5) is 13.9. The van der Waals surface area contributed by atoms with Crippen molar-refractivity contribution in [1.82, 2.24) is 4.72 Å². The second-order valence-corrected chi connectivity index (χ2v) is 9.84. The Labute approximate surface area is 177 Å². The van der Waals surface area contributed by atoms with Crippen LogP contribution in [0.25, 0.3) is 0 Å². The van der Waals surface area contributed by atoms with Crippen molar-refractivity contribution in [3.63, 3.8) is 0 Å². The molecule has 2 heterocycles. The largest absolute Gasteiger partial charge is 0.486 e. The summed E-state index contributed by atoms with van der Waals surface area (Å²) in [5.41, 5.74) is 1.23. The van der Waals surface area contributed by atoms with Gasteiger partial charge in [0, 0.05) is 18.7 Å². The summed E-state index contributed by atoms with van der Waals surface area (Å²) in [5.74, 6) is 1.34. The van der Waals surface area contributed by atoms with Gasteiger partial charge >= 0.3 is 0 Å². The Kier molecular flexibility index (Phi) is 5.23. The molecule has 0 aromatic heterocycles. The predicted octanol–water partition coefficient (Wildman–Crippen LogP) is 3.11. The minimum absolute atomic E-state index is 0.0721. The first kappa shape index (κ1) is 20.7. The zero-order valence-corrected chi connectivity index (χ0v) is 18.2. The van der Waals surface area contributed by atoms with E-state index in [0.717, 1.165) is 17.7 Å². The molecule has 1 saturated heterocycles. The highest BCUT2D eigenvalue weighted by molar-refractivity contribution is 7.89. The number of nitrogens with one attached hydrogen (secondary N) is 1. The standard InChI is InChI=1S/C22H26N2O5S/c1-15-13-17(24-10-4-5-21(24)25)7-9-20(15)30(26,27)23-22(2,3)16-6-8-18-19(14-16)29-12-11-28-18/h6-9,13-14,23H,4-5,10-12H2,1-3H3. The molecule has 0 bridgehead atoms. The second kappa shape index (κ2) is 7.59. The van der Waals surface area contributed by atoms with Gasteiger partial charge in [-0.3, -0.25) is 4.79 Å². The maximum Gasteiger partial charge on any atom is 0.241 e. The molecule has 160 valence electrons. The number of carbonyl (C=O) groups is 1. The summed E-state index contributed by atoms with van der Waals surface area (Å²) < 4.78 is 40.3. The highest BCUT2D eigenvalue weighted by Crippen LogP contribution is 2.35. The van der Waals surface area contributed by atoms with Gasteiger partial charge in [-0.15, -0.1) is 0 Å². The maximum absolute atomic E-state index is 13.2. The van der Waals surface area contributed by atoms with E-state index in [0.29, 0.717) is 43.2 Å². The average Bonchev–Trinajstić information content (AvgIpc) is 3.12. The molecule has 4 rings (SSSR count). The number of ether oxygens (including phenoxy) is 2. The zero-order chi connectivity index (χ0) is 21.5. The zero-order valence-electron chi connectivity index (χ0n) is 17.4. The first-order valence-electron chi connectivity index (χ1n) is 10.0. The van der Waals surface area contributed by atoms with Gasteiger partial charge in [0.15, 0.2) is 11.5 Å². The van der Waals surface area contributed by atoms with Gasteiger partial charge in [0.05, 0.1) is 10.4 Å². The molecular formula is C22H26N2O5S. The third-order valence-electron chi connectivity index (χ3n) is 5.49. The van der Waals surface area contributed by atoms with Crippen LogP contribution in [0.5, 0.6) is 11.5 Å². The minimum atomic E-state index is -3.80. The van der Waals surface area contributed by atoms with Crippen LogP contribution >= 0.6 is 0 Å². The first-order chi connectivity index (χ1) is 14.2. The summed E-state index contributed by atoms with van der Waals surface area (Å²) in [6, 6.07) is 10.5. The van der Waals surface area contributed by atoms with Gasteiger partial charge in [0.1, 0.15) is 13.2 Å². The molecule has 7 nitrogen and oxygen atoms in total. The Hall–Kier alpha value is -2.58. The molecule has 1 amide bonds. The van der Waals surface area contributed by atoms with Crippen LogP contribution in [0.15, 0.2) is 41.3 Å². The number of carbonyl (C=O) groups excluding carboxylic acids is 1. The summed E-state index contributed by atoms with van der Waals surface area (Å²) in [5, 5.41) is 0. The van der Waals surface area contributed by atoms with Crippen molar-refractivity contribution >= 4 is 21.6 Å². The fourth-order valence-corrected chi connectivity index (χ4v) is 5.54. The fourth-order valence-electron chi connectivity index (χ4n) is 3.91. The molecule has 0 saturated carbocycles. The summed E-state index contributed by atoms with van der Waals surface area (Å²) in [6.07, 6.45) is 1.35. The Balaban J connectivity index is 1.59. The van der Waals surface area contributed by atoms with E-state index in [4.69, 9.17) is 9.47 Å². The topological polar surface area (TPSA) is 84.9 Å². The van der Waals surface area contributed by atoms with Crippen molar-refractivity contribution in [1.29, 1.82) is 0 Å². The molecule has 0 radical (unpaired) electrons. The molecular weight excluding hydrogens is 404 g/mol. The van der Waals surface area contributed by atoms with E-state index in [1.165, 1.54) is 0 Å². The number of nitrogens with zero attached hydrogens (tertiary/aromatic N) is 1. The maximum atomic E-state index is 13.2. The van der Waals surface area contributed by atoms with E-state index in [-0.39, 0.29) is 10.8 Å². The van der Waals surface area contributed by atoms with Crippen LogP contribution in [-0.2, 0) is 20.4 Å². The molecule has 2 aliphatic rings. The lowest BCUT2D eigenvalue weighted by Gasteiger charge is -2.29. The summed E-state index contributed by atoms with van der Waals surface area (Å²) >= 11 is 0. The summed E-state index contributed by atoms with van der Waals surface area (Å²) in [7, 11) is -3.80. The van der Waals surface area contributed by atoms with Crippen LogP contribution in [0.1, 0.15) is 37.8 Å². The van der Waals surface area contributed by atoms with Crippen LogP contribution in [0.4, 0.5) is 5.69 Å². The molecule has 0 aliphatic carbocycles. The lowest BCUT2D eigenvalue weighted by atomic mass is 9.95. The van der Waals surface area contributed by atoms with Gasteiger partial charge in [-0.25, -0.2) is 13.1 Å².